The largest absolute Gasteiger partial charge is 0.455 e. The number of nitrogens with one attached hydrogen (secondary N) is 1. The molecule has 1 aromatic carbocycles. The quantitative estimate of drug-likeness (QED) is 0.316. The number of hydrogen-bond acceptors (Lipinski definition) is 11. The highest BCUT2D eigenvalue weighted by Gasteiger charge is 2.21. The molecule has 5 rings (SSSR count). The minimum atomic E-state index is -0.435. The van der Waals surface area contributed by atoms with Crippen molar-refractivity contribution in [3.63, 3.8) is 0 Å². The summed E-state index contributed by atoms with van der Waals surface area (Å²) in [6.07, 6.45) is 3.74. The van der Waals surface area contributed by atoms with Gasteiger partial charge in [-0.2, -0.15) is 20.1 Å². The Morgan fingerprint density at radius 1 is 1.00 bits per heavy atom. The number of rotatable bonds is 7. The lowest BCUT2D eigenvalue weighted by Crippen LogP contribution is -2.38. The number of furan rings is 1. The van der Waals surface area contributed by atoms with Crippen molar-refractivity contribution in [2.45, 2.75) is 12.8 Å². The molecule has 0 atom stereocenters. The molecule has 3 aromatic rings. The van der Waals surface area contributed by atoms with Crippen molar-refractivity contribution in [1.29, 1.82) is 0 Å². The number of non-ortho nitro benzene ring substituents is 1. The van der Waals surface area contributed by atoms with Crippen LogP contribution in [0.1, 0.15) is 18.6 Å². The molecule has 12 nitrogen and oxygen atoms in total. The lowest BCUT2D eigenvalue weighted by atomic mass is 10.1. The predicted octanol–water partition coefficient (Wildman–Crippen LogP) is 2.92. The number of nitro benzene ring substituents is 1. The number of benzene rings is 1. The number of anilines is 3. The summed E-state index contributed by atoms with van der Waals surface area (Å²) in [6, 6.07) is 9.76. The van der Waals surface area contributed by atoms with Gasteiger partial charge in [0.05, 0.1) is 24.4 Å². The molecule has 0 radical (unpaired) electrons. The molecule has 34 heavy (non-hydrogen) atoms. The van der Waals surface area contributed by atoms with Gasteiger partial charge in [-0.3, -0.25) is 10.1 Å². The summed E-state index contributed by atoms with van der Waals surface area (Å²) in [4.78, 5) is 28.6. The Morgan fingerprint density at radius 3 is 2.47 bits per heavy atom. The number of hydrogen-bond donors (Lipinski definition) is 1. The second-order valence-corrected chi connectivity index (χ2v) is 7.93. The topological polar surface area (TPSA) is 135 Å². The van der Waals surface area contributed by atoms with E-state index >= 15 is 0 Å². The molecule has 0 spiro atoms. The van der Waals surface area contributed by atoms with E-state index in [-0.39, 0.29) is 5.69 Å². The van der Waals surface area contributed by atoms with E-state index in [1.54, 1.807) is 24.3 Å². The summed E-state index contributed by atoms with van der Waals surface area (Å²) in [5.74, 6) is 2.58. The smallest absolute Gasteiger partial charge is 0.270 e. The van der Waals surface area contributed by atoms with Crippen LogP contribution in [0.5, 0.6) is 0 Å². The van der Waals surface area contributed by atoms with Gasteiger partial charge in [-0.1, -0.05) is 12.1 Å². The van der Waals surface area contributed by atoms with Crippen molar-refractivity contribution >= 4 is 29.7 Å². The molecule has 0 unspecified atom stereocenters. The number of nitrogens with zero attached hydrogens (tertiary/aromatic N) is 7. The lowest BCUT2D eigenvalue weighted by Gasteiger charge is -2.27. The summed E-state index contributed by atoms with van der Waals surface area (Å²) >= 11 is 0. The van der Waals surface area contributed by atoms with Crippen LogP contribution in [0.2, 0.25) is 0 Å². The molecule has 0 saturated carbocycles. The van der Waals surface area contributed by atoms with Crippen molar-refractivity contribution in [2.75, 3.05) is 54.6 Å². The standard InChI is InChI=1S/C22H24N8O4/c31-30(32)17-5-3-4-16(14-17)19-7-6-18(34-19)15-23-27-20-24-21(28-8-1-2-9-28)26-22(25-20)29-10-12-33-13-11-29/h3-7,14-15H,1-2,8-13H2,(H,24,25,26,27)/b23-15+. The van der Waals surface area contributed by atoms with Crippen LogP contribution >= 0.6 is 0 Å². The Balaban J connectivity index is 1.32. The molecular formula is C22H24N8O4. The van der Waals surface area contributed by atoms with Gasteiger partial charge in [-0.25, -0.2) is 5.43 Å². The fourth-order valence-electron chi connectivity index (χ4n) is 3.87. The molecule has 2 aliphatic rings. The molecular weight excluding hydrogens is 440 g/mol. The molecule has 176 valence electrons. The monoisotopic (exact) mass is 464 g/mol. The fraction of sp³-hybridized carbons (Fsp3) is 0.364. The van der Waals surface area contributed by atoms with Gasteiger partial charge >= 0.3 is 0 Å². The number of ether oxygens (including phenoxy) is 1. The maximum atomic E-state index is 11.0. The molecule has 2 aliphatic heterocycles. The van der Waals surface area contributed by atoms with Gasteiger partial charge in [-0.15, -0.1) is 0 Å². The van der Waals surface area contributed by atoms with Crippen molar-refractivity contribution in [3.05, 3.63) is 52.3 Å². The van der Waals surface area contributed by atoms with Crippen LogP contribution in [0.15, 0.2) is 45.9 Å². The fourth-order valence-corrected chi connectivity index (χ4v) is 3.87. The Morgan fingerprint density at radius 2 is 1.74 bits per heavy atom. The minimum absolute atomic E-state index is 0.00509. The number of hydrazone groups is 1. The van der Waals surface area contributed by atoms with Gasteiger partial charge in [0.1, 0.15) is 11.5 Å². The molecule has 4 heterocycles. The van der Waals surface area contributed by atoms with Crippen LogP contribution < -0.4 is 15.2 Å². The average Bonchev–Trinajstić information content (AvgIpc) is 3.57. The SMILES string of the molecule is O=[N+]([O-])c1cccc(-c2ccc(/C=N/Nc3nc(N4CCCC4)nc(N4CCOCC4)n3)o2)c1. The molecule has 2 saturated heterocycles. The summed E-state index contributed by atoms with van der Waals surface area (Å²) in [5, 5.41) is 15.2. The van der Waals surface area contributed by atoms with E-state index in [4.69, 9.17) is 9.15 Å². The van der Waals surface area contributed by atoms with Crippen LogP contribution in [-0.2, 0) is 4.74 Å². The van der Waals surface area contributed by atoms with Crippen LogP contribution in [0.3, 0.4) is 0 Å². The van der Waals surface area contributed by atoms with E-state index in [1.165, 1.54) is 18.3 Å². The van der Waals surface area contributed by atoms with Crippen LogP contribution in [0.4, 0.5) is 23.5 Å². The highest BCUT2D eigenvalue weighted by Crippen LogP contribution is 2.25. The molecule has 0 aliphatic carbocycles. The third-order valence-electron chi connectivity index (χ3n) is 5.62. The first-order valence-electron chi connectivity index (χ1n) is 11.1. The first kappa shape index (κ1) is 21.8. The first-order valence-corrected chi connectivity index (χ1v) is 11.1. The van der Waals surface area contributed by atoms with Crippen molar-refractivity contribution in [2.24, 2.45) is 5.10 Å². The van der Waals surface area contributed by atoms with Gasteiger partial charge in [0.25, 0.3) is 5.69 Å². The summed E-state index contributed by atoms with van der Waals surface area (Å²) < 4.78 is 11.2. The highest BCUT2D eigenvalue weighted by atomic mass is 16.6. The molecule has 2 fully saturated rings. The van der Waals surface area contributed by atoms with Gasteiger partial charge in [-0.05, 0) is 25.0 Å². The van der Waals surface area contributed by atoms with Crippen LogP contribution in [0, 0.1) is 10.1 Å². The van der Waals surface area contributed by atoms with Crippen molar-refractivity contribution in [3.8, 4) is 11.3 Å². The average molecular weight is 464 g/mol. The summed E-state index contributed by atoms with van der Waals surface area (Å²) in [5.41, 5.74) is 3.50. The Labute approximate surface area is 195 Å². The van der Waals surface area contributed by atoms with Crippen LogP contribution in [0.25, 0.3) is 11.3 Å². The Kier molecular flexibility index (Phi) is 6.29. The molecule has 0 amide bonds. The lowest BCUT2D eigenvalue weighted by molar-refractivity contribution is -0.384. The van der Waals surface area contributed by atoms with Crippen molar-refractivity contribution < 1.29 is 14.1 Å². The van der Waals surface area contributed by atoms with Gasteiger partial charge in [0, 0.05) is 43.9 Å². The van der Waals surface area contributed by atoms with E-state index in [9.17, 15) is 10.1 Å². The third-order valence-corrected chi connectivity index (χ3v) is 5.62. The van der Waals surface area contributed by atoms with Gasteiger partial charge in [0.15, 0.2) is 0 Å². The second kappa shape index (κ2) is 9.83. The molecule has 2 aromatic heterocycles. The number of nitro groups is 1. The minimum Gasteiger partial charge on any atom is -0.455 e. The van der Waals surface area contributed by atoms with Crippen LogP contribution in [-0.4, -0.2) is 65.5 Å². The number of aromatic nitrogens is 3. The molecule has 0 bridgehead atoms. The van der Waals surface area contributed by atoms with E-state index in [0.29, 0.717) is 48.1 Å². The zero-order valence-electron chi connectivity index (χ0n) is 18.5. The number of morpholine rings is 1. The maximum absolute atomic E-state index is 11.0. The normalized spacial score (nSPS) is 16.4. The van der Waals surface area contributed by atoms with E-state index in [0.717, 1.165) is 39.0 Å². The maximum Gasteiger partial charge on any atom is 0.270 e. The summed E-state index contributed by atoms with van der Waals surface area (Å²) in [7, 11) is 0. The van der Waals surface area contributed by atoms with Gasteiger partial charge in [0.2, 0.25) is 17.8 Å². The molecule has 1 N–H and O–H groups in total. The predicted molar refractivity (Wildman–Crippen MR) is 126 cm³/mol. The molecule has 12 heteroatoms. The van der Waals surface area contributed by atoms with E-state index < -0.39 is 4.92 Å². The zero-order valence-corrected chi connectivity index (χ0v) is 18.5. The summed E-state index contributed by atoms with van der Waals surface area (Å²) in [6.45, 7) is 4.55. The third kappa shape index (κ3) is 4.96. The second-order valence-electron chi connectivity index (χ2n) is 7.93. The van der Waals surface area contributed by atoms with Crippen molar-refractivity contribution in [1.82, 2.24) is 15.0 Å². The Bertz CT molecular complexity index is 1190. The van der Waals surface area contributed by atoms with E-state index in [1.807, 2.05) is 0 Å². The first-order chi connectivity index (χ1) is 16.7. The zero-order chi connectivity index (χ0) is 23.3. The van der Waals surface area contributed by atoms with E-state index in [2.05, 4.69) is 35.3 Å². The van der Waals surface area contributed by atoms with Gasteiger partial charge < -0.3 is 19.0 Å². The Hall–Kier alpha value is -4.06. The highest BCUT2D eigenvalue weighted by molar-refractivity contribution is 5.78.